The van der Waals surface area contributed by atoms with E-state index in [1.165, 1.54) is 42.6 Å². The summed E-state index contributed by atoms with van der Waals surface area (Å²) in [7, 11) is -2.65. The molecule has 0 spiro atoms. The van der Waals surface area contributed by atoms with Gasteiger partial charge >= 0.3 is 0 Å². The molecule has 1 aliphatic heterocycles. The van der Waals surface area contributed by atoms with Crippen molar-refractivity contribution in [3.8, 4) is 11.5 Å². The van der Waals surface area contributed by atoms with Gasteiger partial charge in [-0.1, -0.05) is 37.3 Å². The number of anilines is 3. The number of ether oxygens (including phenoxy) is 1. The summed E-state index contributed by atoms with van der Waals surface area (Å²) in [4.78, 5) is 45.2. The summed E-state index contributed by atoms with van der Waals surface area (Å²) >= 11 is 3.84. The molecule has 0 aliphatic carbocycles. The van der Waals surface area contributed by atoms with Gasteiger partial charge in [0.05, 0.1) is 49.4 Å². The molecule has 2 aromatic heterocycles. The minimum atomic E-state index is -4.19. The number of amides is 2. The Labute approximate surface area is 396 Å². The molecule has 5 aromatic carbocycles. The fourth-order valence-electron chi connectivity index (χ4n) is 8.31. The average molecular weight is 959 g/mol. The Morgan fingerprint density at radius 1 is 0.910 bits per heavy atom. The molecule has 1 aliphatic rings. The third-order valence-corrected chi connectivity index (χ3v) is 17.1. The number of phenolic OH excluding ortho intramolecular Hbond substituents is 1. The van der Waals surface area contributed by atoms with E-state index in [1.54, 1.807) is 55.6 Å². The molecule has 8 rings (SSSR count). The van der Waals surface area contributed by atoms with Gasteiger partial charge in [0.25, 0.3) is 11.8 Å². The summed E-state index contributed by atoms with van der Waals surface area (Å²) in [6.07, 6.45) is 3.75. The number of H-pyrrole nitrogens is 1. The van der Waals surface area contributed by atoms with Crippen molar-refractivity contribution in [3.05, 3.63) is 154 Å². The van der Waals surface area contributed by atoms with E-state index in [4.69, 9.17) is 10.5 Å². The maximum absolute atomic E-state index is 14.4. The Bertz CT molecular complexity index is 3160. The first-order chi connectivity index (χ1) is 32.3. The molecule has 346 valence electrons. The highest BCUT2D eigenvalue weighted by atomic mass is 32.2. The lowest BCUT2D eigenvalue weighted by Gasteiger charge is -2.28. The maximum atomic E-state index is 14.4. The van der Waals surface area contributed by atoms with Crippen LogP contribution < -0.4 is 32.0 Å². The number of aliphatic hydroxyl groups excluding tert-OH is 1. The minimum absolute atomic E-state index is 0.0337. The van der Waals surface area contributed by atoms with Crippen LogP contribution in [-0.4, -0.2) is 72.1 Å². The third kappa shape index (κ3) is 10.2. The number of primary amides is 1. The third-order valence-electron chi connectivity index (χ3n) is 11.8. The Balaban J connectivity index is 0.929. The summed E-state index contributed by atoms with van der Waals surface area (Å²) in [6, 6.07) is 30.0. The zero-order valence-electron chi connectivity index (χ0n) is 36.8. The monoisotopic (exact) mass is 958 g/mol. The van der Waals surface area contributed by atoms with Crippen molar-refractivity contribution in [2.24, 2.45) is 5.73 Å². The number of carbonyl (C=O) groups excluding carboxylic acids is 2. The average Bonchev–Trinajstić information content (AvgIpc) is 3.82. The zero-order chi connectivity index (χ0) is 47.3. The number of nitrogens with two attached hydrogens (primary N) is 1. The van der Waals surface area contributed by atoms with Crippen LogP contribution in [0.4, 0.5) is 17.1 Å². The van der Waals surface area contributed by atoms with Crippen LogP contribution in [0.5, 0.6) is 11.5 Å². The van der Waals surface area contributed by atoms with Gasteiger partial charge in [-0.3, -0.25) is 19.4 Å². The van der Waals surface area contributed by atoms with Crippen LogP contribution >= 0.6 is 23.5 Å². The molecule has 8 N–H and O–H groups in total. The number of carbonyl (C=O) groups is 2. The molecule has 0 bridgehead atoms. The Morgan fingerprint density at radius 2 is 1.69 bits per heavy atom. The topological polar surface area (TPSA) is 226 Å². The number of nitrogens with one attached hydrogen (secondary N) is 4. The van der Waals surface area contributed by atoms with Crippen molar-refractivity contribution < 1.29 is 33.0 Å². The number of rotatable bonds is 18. The van der Waals surface area contributed by atoms with Crippen LogP contribution in [0.25, 0.3) is 21.8 Å². The number of methoxy groups -OCH3 is 1. The molecule has 2 amide bonds. The van der Waals surface area contributed by atoms with E-state index in [1.807, 2.05) is 54.7 Å². The molecule has 67 heavy (non-hydrogen) atoms. The molecule has 17 heteroatoms. The largest absolute Gasteiger partial charge is 0.506 e. The van der Waals surface area contributed by atoms with E-state index >= 15 is 0 Å². The van der Waals surface area contributed by atoms with Crippen LogP contribution in [0.1, 0.15) is 69.7 Å². The predicted octanol–water partition coefficient (Wildman–Crippen LogP) is 8.41. The van der Waals surface area contributed by atoms with Crippen molar-refractivity contribution >= 4 is 84.0 Å². The van der Waals surface area contributed by atoms with Gasteiger partial charge in [0.2, 0.25) is 15.4 Å². The van der Waals surface area contributed by atoms with Gasteiger partial charge in [-0.15, -0.1) is 23.5 Å². The lowest BCUT2D eigenvalue weighted by atomic mass is 10.0. The highest BCUT2D eigenvalue weighted by Gasteiger charge is 2.37. The Hall–Kier alpha value is -6.37. The van der Waals surface area contributed by atoms with Crippen molar-refractivity contribution in [1.82, 2.24) is 15.3 Å². The molecule has 0 saturated carbocycles. The molecular formula is C50H50N6O8S3. The van der Waals surface area contributed by atoms with Crippen LogP contribution in [0.15, 0.2) is 130 Å². The van der Waals surface area contributed by atoms with E-state index in [-0.39, 0.29) is 36.3 Å². The fraction of sp³-hybridized carbons (Fsp3) is 0.240. The summed E-state index contributed by atoms with van der Waals surface area (Å²) in [5.74, 6) is 1.35. The summed E-state index contributed by atoms with van der Waals surface area (Å²) in [5, 5.41) is 31.6. The number of aromatic amines is 1. The summed E-state index contributed by atoms with van der Waals surface area (Å²) in [5.41, 5.74) is 10.4. The van der Waals surface area contributed by atoms with Crippen LogP contribution in [0.3, 0.4) is 0 Å². The van der Waals surface area contributed by atoms with Crippen molar-refractivity contribution in [3.63, 3.8) is 0 Å². The van der Waals surface area contributed by atoms with Crippen molar-refractivity contribution in [2.75, 3.05) is 42.3 Å². The number of benzene rings is 5. The smallest absolute Gasteiger partial charge is 0.255 e. The molecule has 7 aromatic rings. The Morgan fingerprint density at radius 3 is 2.43 bits per heavy atom. The number of sulfone groups is 1. The second-order valence-electron chi connectivity index (χ2n) is 16.1. The number of aromatic hydroxyl groups is 1. The first-order valence-electron chi connectivity index (χ1n) is 21.8. The molecule has 1 saturated heterocycles. The molecule has 0 radical (unpaired) electrons. The first-order valence-corrected chi connectivity index (χ1v) is 25.2. The van der Waals surface area contributed by atoms with Gasteiger partial charge in [-0.25, -0.2) is 8.42 Å². The van der Waals surface area contributed by atoms with E-state index in [2.05, 4.69) is 25.9 Å². The second kappa shape index (κ2) is 20.2. The SMILES string of the molecule is CCc1cc(S(=O)(=O)c2cccc(C(=O)Nc3ccc(C4(CCCCNC[C@H](O)c5ccc(O)c6[nH]c(=O)ccc56)SCCS4)cc3)c2)cc2c(Nc3cccc(OC)c3)c(C(N)=O)cnc12. The highest BCUT2D eigenvalue weighted by Crippen LogP contribution is 2.55. The Kier molecular flexibility index (Phi) is 14.2. The fourth-order valence-corrected chi connectivity index (χ4v) is 13.0. The first kappa shape index (κ1) is 47.1. The van der Waals surface area contributed by atoms with Gasteiger partial charge in [0.15, 0.2) is 0 Å². The van der Waals surface area contributed by atoms with E-state index in [0.717, 1.165) is 36.3 Å². The van der Waals surface area contributed by atoms with Gasteiger partial charge in [0, 0.05) is 64.1 Å². The van der Waals surface area contributed by atoms with Crippen molar-refractivity contribution in [1.29, 1.82) is 0 Å². The normalized spacial score (nSPS) is 14.0. The van der Waals surface area contributed by atoms with Gasteiger partial charge in [0.1, 0.15) is 11.5 Å². The second-order valence-corrected chi connectivity index (χ2v) is 21.1. The summed E-state index contributed by atoms with van der Waals surface area (Å²) in [6.45, 7) is 2.90. The number of hydrogen-bond donors (Lipinski definition) is 7. The van der Waals surface area contributed by atoms with Crippen LogP contribution in [0.2, 0.25) is 0 Å². The van der Waals surface area contributed by atoms with Gasteiger partial charge < -0.3 is 41.6 Å². The highest BCUT2D eigenvalue weighted by molar-refractivity contribution is 8.20. The molecule has 1 atom stereocenters. The number of aliphatic hydroxyl groups is 1. The number of hydrogen-bond acceptors (Lipinski definition) is 13. The zero-order valence-corrected chi connectivity index (χ0v) is 39.2. The number of aromatic nitrogens is 2. The number of thioether (sulfide) groups is 2. The molecule has 1 fully saturated rings. The molecule has 3 heterocycles. The van der Waals surface area contributed by atoms with Crippen LogP contribution in [-0.2, 0) is 20.3 Å². The standard InChI is InChI=1S/C50H50N6O8S3/c1-3-30-24-37(27-40-45(30)53-28-41(48(51)60)46(40)54-34-9-7-10-35(26-34)64-2)67(62,63)36-11-6-8-31(25-36)49(61)55-33-14-12-32(13-15-33)50(65-22-23-66-50)20-4-5-21-52-29-43(58)38-16-18-42(57)47-39(38)17-19-44(59)56-47/h6-19,24-28,43,52,57-58H,3-5,20-23,29H2,1-2H3,(H2,51,60)(H,53,54)(H,55,61)(H,56,59)/t43-/m0/s1. The number of nitrogens with zero attached hydrogens (tertiary/aromatic N) is 1. The molecule has 0 unspecified atom stereocenters. The van der Waals surface area contributed by atoms with E-state index in [0.29, 0.717) is 75.3 Å². The minimum Gasteiger partial charge on any atom is -0.506 e. The maximum Gasteiger partial charge on any atom is 0.255 e. The molecule has 14 nitrogen and oxygen atoms in total. The number of fused-ring (bicyclic) bond motifs is 2. The summed E-state index contributed by atoms with van der Waals surface area (Å²) < 4.78 is 34.0. The molecular weight excluding hydrogens is 909 g/mol. The number of unbranched alkanes of at least 4 members (excludes halogenated alkanes) is 1. The van der Waals surface area contributed by atoms with Crippen LogP contribution in [0, 0.1) is 0 Å². The van der Waals surface area contributed by atoms with Crippen molar-refractivity contribution in [2.45, 2.75) is 52.6 Å². The van der Waals surface area contributed by atoms with E-state index in [9.17, 15) is 33.0 Å². The number of phenols is 1. The predicted molar refractivity (Wildman–Crippen MR) is 267 cm³/mol. The number of aryl methyl sites for hydroxylation is 1. The number of pyridine rings is 2. The lowest BCUT2D eigenvalue weighted by molar-refractivity contribution is 0.0998. The quantitative estimate of drug-likeness (QED) is 0.0402. The van der Waals surface area contributed by atoms with Gasteiger partial charge in [-0.05, 0) is 116 Å². The lowest BCUT2D eigenvalue weighted by Crippen LogP contribution is -2.23. The van der Waals surface area contributed by atoms with Gasteiger partial charge in [-0.2, -0.15) is 0 Å². The van der Waals surface area contributed by atoms with E-state index < -0.39 is 27.8 Å².